The molecule has 118 valence electrons. The van der Waals surface area contributed by atoms with Crippen LogP contribution in [0.3, 0.4) is 0 Å². The highest BCUT2D eigenvalue weighted by atomic mass is 16.5. The van der Waals surface area contributed by atoms with E-state index in [0.29, 0.717) is 17.0 Å². The molecule has 1 aliphatic heterocycles. The predicted molar refractivity (Wildman–Crippen MR) is 85.6 cm³/mol. The zero-order valence-electron chi connectivity index (χ0n) is 12.9. The third-order valence-electron chi connectivity index (χ3n) is 3.72. The van der Waals surface area contributed by atoms with Crippen LogP contribution in [0.25, 0.3) is 0 Å². The van der Waals surface area contributed by atoms with Crippen LogP contribution in [0.2, 0.25) is 0 Å². The van der Waals surface area contributed by atoms with E-state index in [0.717, 1.165) is 5.69 Å². The van der Waals surface area contributed by atoms with Crippen LogP contribution in [0.1, 0.15) is 16.1 Å². The number of nitrogens with zero attached hydrogens (tertiary/aromatic N) is 2. The SMILES string of the molecule is CNC(=O)[C@H]1CN(C(=O)c2ccc(C)nc2)c2ccccc2O1. The molecule has 6 heteroatoms. The van der Waals surface area contributed by atoms with E-state index in [-0.39, 0.29) is 18.4 Å². The van der Waals surface area contributed by atoms with Crippen molar-refractivity contribution >= 4 is 17.5 Å². The summed E-state index contributed by atoms with van der Waals surface area (Å²) in [6.45, 7) is 2.02. The summed E-state index contributed by atoms with van der Waals surface area (Å²) in [4.78, 5) is 30.5. The summed E-state index contributed by atoms with van der Waals surface area (Å²) in [6, 6.07) is 10.7. The fourth-order valence-electron chi connectivity index (χ4n) is 2.47. The maximum absolute atomic E-state index is 12.8. The molecule has 0 spiro atoms. The number of benzene rings is 1. The average Bonchev–Trinajstić information content (AvgIpc) is 2.60. The second-order valence-corrected chi connectivity index (χ2v) is 5.29. The lowest BCUT2D eigenvalue weighted by atomic mass is 10.1. The predicted octanol–water partition coefficient (Wildman–Crippen LogP) is 1.54. The minimum Gasteiger partial charge on any atom is -0.477 e. The van der Waals surface area contributed by atoms with Gasteiger partial charge in [-0.1, -0.05) is 12.1 Å². The Hall–Kier alpha value is -2.89. The number of fused-ring (bicyclic) bond motifs is 1. The smallest absolute Gasteiger partial charge is 0.262 e. The second-order valence-electron chi connectivity index (χ2n) is 5.29. The van der Waals surface area contributed by atoms with Crippen molar-refractivity contribution in [3.05, 3.63) is 53.9 Å². The van der Waals surface area contributed by atoms with Gasteiger partial charge in [0.25, 0.3) is 11.8 Å². The third kappa shape index (κ3) is 2.88. The van der Waals surface area contributed by atoms with E-state index in [9.17, 15) is 9.59 Å². The van der Waals surface area contributed by atoms with Gasteiger partial charge in [-0.3, -0.25) is 14.6 Å². The van der Waals surface area contributed by atoms with E-state index in [1.165, 1.54) is 0 Å². The first-order chi connectivity index (χ1) is 11.1. The summed E-state index contributed by atoms with van der Waals surface area (Å²) in [5, 5.41) is 2.56. The largest absolute Gasteiger partial charge is 0.477 e. The summed E-state index contributed by atoms with van der Waals surface area (Å²) in [5.41, 5.74) is 1.97. The monoisotopic (exact) mass is 311 g/mol. The van der Waals surface area contributed by atoms with E-state index in [2.05, 4.69) is 10.3 Å². The number of pyridine rings is 1. The van der Waals surface area contributed by atoms with Crippen LogP contribution in [-0.4, -0.2) is 36.5 Å². The quantitative estimate of drug-likeness (QED) is 0.913. The molecule has 1 aromatic carbocycles. The lowest BCUT2D eigenvalue weighted by Crippen LogP contribution is -2.50. The normalized spacial score (nSPS) is 16.3. The number of ether oxygens (including phenoxy) is 1. The number of hydrogen-bond acceptors (Lipinski definition) is 4. The molecule has 2 heterocycles. The number of nitrogens with one attached hydrogen (secondary N) is 1. The topological polar surface area (TPSA) is 71.5 Å². The number of aryl methyl sites for hydroxylation is 1. The number of rotatable bonds is 2. The number of hydrogen-bond donors (Lipinski definition) is 1. The number of likely N-dealkylation sites (N-methyl/N-ethyl adjacent to an activating group) is 1. The summed E-state index contributed by atoms with van der Waals surface area (Å²) < 4.78 is 5.70. The second kappa shape index (κ2) is 6.08. The van der Waals surface area contributed by atoms with E-state index in [1.807, 2.05) is 13.0 Å². The van der Waals surface area contributed by atoms with Crippen molar-refractivity contribution < 1.29 is 14.3 Å². The molecule has 1 atom stereocenters. The minimum absolute atomic E-state index is 0.156. The van der Waals surface area contributed by atoms with Crippen molar-refractivity contribution in [2.75, 3.05) is 18.5 Å². The highest BCUT2D eigenvalue weighted by molar-refractivity contribution is 6.07. The fourth-order valence-corrected chi connectivity index (χ4v) is 2.47. The first-order valence-corrected chi connectivity index (χ1v) is 7.32. The number of aromatic nitrogens is 1. The van der Waals surface area contributed by atoms with Gasteiger partial charge in [0.1, 0.15) is 5.75 Å². The molecular formula is C17H17N3O3. The van der Waals surface area contributed by atoms with Crippen molar-refractivity contribution in [2.24, 2.45) is 0 Å². The van der Waals surface area contributed by atoms with Crippen LogP contribution in [0, 0.1) is 6.92 Å². The van der Waals surface area contributed by atoms with Gasteiger partial charge in [-0.25, -0.2) is 0 Å². The van der Waals surface area contributed by atoms with Gasteiger partial charge in [0, 0.05) is 18.9 Å². The zero-order chi connectivity index (χ0) is 16.4. The van der Waals surface area contributed by atoms with E-state index >= 15 is 0 Å². The molecule has 1 aromatic heterocycles. The molecule has 1 N–H and O–H groups in total. The molecule has 0 saturated carbocycles. The Labute approximate surface area is 134 Å². The number of anilines is 1. The Morgan fingerprint density at radius 1 is 1.26 bits per heavy atom. The summed E-state index contributed by atoms with van der Waals surface area (Å²) in [6.07, 6.45) is 0.808. The molecule has 2 amide bonds. The lowest BCUT2D eigenvalue weighted by Gasteiger charge is -2.34. The van der Waals surface area contributed by atoms with Gasteiger partial charge in [0.05, 0.1) is 17.8 Å². The molecule has 1 aliphatic rings. The molecule has 0 aliphatic carbocycles. The van der Waals surface area contributed by atoms with Gasteiger partial charge in [0.2, 0.25) is 0 Å². The number of carbonyl (C=O) groups is 2. The van der Waals surface area contributed by atoms with Crippen LogP contribution in [0.15, 0.2) is 42.6 Å². The van der Waals surface area contributed by atoms with Crippen LogP contribution < -0.4 is 15.0 Å². The maximum Gasteiger partial charge on any atom is 0.262 e. The molecule has 2 aromatic rings. The molecule has 0 saturated heterocycles. The fraction of sp³-hybridized carbons (Fsp3) is 0.235. The maximum atomic E-state index is 12.8. The van der Waals surface area contributed by atoms with Crippen LogP contribution in [-0.2, 0) is 4.79 Å². The Morgan fingerprint density at radius 2 is 2.04 bits per heavy atom. The van der Waals surface area contributed by atoms with Crippen molar-refractivity contribution in [3.8, 4) is 5.75 Å². The average molecular weight is 311 g/mol. The van der Waals surface area contributed by atoms with E-state index < -0.39 is 6.10 Å². The summed E-state index contributed by atoms with van der Waals surface area (Å²) >= 11 is 0. The first-order valence-electron chi connectivity index (χ1n) is 7.32. The highest BCUT2D eigenvalue weighted by Gasteiger charge is 2.33. The summed E-state index contributed by atoms with van der Waals surface area (Å²) in [7, 11) is 1.54. The van der Waals surface area contributed by atoms with E-state index in [1.54, 1.807) is 48.5 Å². The molecule has 6 nitrogen and oxygen atoms in total. The Bertz CT molecular complexity index is 743. The standard InChI is InChI=1S/C17H17N3O3/c1-11-7-8-12(9-19-11)17(22)20-10-15(16(21)18-2)23-14-6-4-3-5-13(14)20/h3-9,15H,10H2,1-2H3,(H,18,21)/t15-/m1/s1. The first kappa shape index (κ1) is 15.0. The molecule has 3 rings (SSSR count). The third-order valence-corrected chi connectivity index (χ3v) is 3.72. The molecule has 0 fully saturated rings. The summed E-state index contributed by atoms with van der Waals surface area (Å²) in [5.74, 6) is 0.0438. The van der Waals surface area contributed by atoms with Crippen molar-refractivity contribution in [1.29, 1.82) is 0 Å². The number of para-hydroxylation sites is 2. The van der Waals surface area contributed by atoms with Crippen LogP contribution >= 0.6 is 0 Å². The Balaban J connectivity index is 1.97. The van der Waals surface area contributed by atoms with Gasteiger partial charge in [-0.15, -0.1) is 0 Å². The van der Waals surface area contributed by atoms with Gasteiger partial charge in [-0.2, -0.15) is 0 Å². The highest BCUT2D eigenvalue weighted by Crippen LogP contribution is 2.34. The molecule has 0 bridgehead atoms. The molecule has 0 radical (unpaired) electrons. The molecule has 0 unspecified atom stereocenters. The zero-order valence-corrected chi connectivity index (χ0v) is 12.9. The van der Waals surface area contributed by atoms with Gasteiger partial charge in [-0.05, 0) is 31.2 Å². The Morgan fingerprint density at radius 3 is 2.74 bits per heavy atom. The van der Waals surface area contributed by atoms with Gasteiger partial charge < -0.3 is 15.0 Å². The number of amides is 2. The lowest BCUT2D eigenvalue weighted by molar-refractivity contribution is -0.127. The van der Waals surface area contributed by atoms with Crippen molar-refractivity contribution in [2.45, 2.75) is 13.0 Å². The Kier molecular flexibility index (Phi) is 3.97. The van der Waals surface area contributed by atoms with Gasteiger partial charge in [0.15, 0.2) is 6.10 Å². The minimum atomic E-state index is -0.739. The van der Waals surface area contributed by atoms with Crippen molar-refractivity contribution in [1.82, 2.24) is 10.3 Å². The molecule has 23 heavy (non-hydrogen) atoms. The molecular weight excluding hydrogens is 294 g/mol. The number of carbonyl (C=O) groups excluding carboxylic acids is 2. The van der Waals surface area contributed by atoms with Crippen LogP contribution in [0.4, 0.5) is 5.69 Å². The van der Waals surface area contributed by atoms with Crippen LogP contribution in [0.5, 0.6) is 5.75 Å². The van der Waals surface area contributed by atoms with E-state index in [4.69, 9.17) is 4.74 Å². The van der Waals surface area contributed by atoms with Gasteiger partial charge >= 0.3 is 0 Å². The van der Waals surface area contributed by atoms with Crippen molar-refractivity contribution in [3.63, 3.8) is 0 Å².